The molecule has 1 rings (SSSR count). The van der Waals surface area contributed by atoms with Gasteiger partial charge in [0.2, 0.25) is 0 Å². The van der Waals surface area contributed by atoms with E-state index in [1.165, 1.54) is 7.11 Å². The Kier molecular flexibility index (Phi) is 6.52. The number of benzene rings is 1. The third-order valence-corrected chi connectivity index (χ3v) is 2.82. The van der Waals surface area contributed by atoms with Crippen LogP contribution >= 0.6 is 0 Å². The number of carbonyl (C=O) groups excluding carboxylic acids is 2. The number of hydrogen-bond donors (Lipinski definition) is 1. The van der Waals surface area contributed by atoms with Gasteiger partial charge in [0.15, 0.2) is 6.10 Å². The van der Waals surface area contributed by atoms with Crippen LogP contribution in [0.15, 0.2) is 18.2 Å². The molecule has 0 spiro atoms. The average Bonchev–Trinajstić information content (AvgIpc) is 2.46. The maximum Gasteiger partial charge on any atom is 0.347 e. The van der Waals surface area contributed by atoms with Crippen LogP contribution in [-0.4, -0.2) is 31.8 Å². The third-order valence-electron chi connectivity index (χ3n) is 2.82. The van der Waals surface area contributed by atoms with E-state index in [-0.39, 0.29) is 23.6 Å². The van der Waals surface area contributed by atoms with Crippen LogP contribution < -0.4 is 10.5 Å². The van der Waals surface area contributed by atoms with E-state index in [2.05, 4.69) is 0 Å². The van der Waals surface area contributed by atoms with E-state index >= 15 is 0 Å². The largest absolute Gasteiger partial charge is 0.478 e. The lowest BCUT2D eigenvalue weighted by atomic mass is 10.1. The standard InChI is InChI=1S/C15H21NO5/c1-4-7-12(14(17)20-5-2)21-11-9-6-8-10(16)13(11)15(18)19-3/h6,8-9,12H,4-5,7,16H2,1-3H3. The minimum atomic E-state index is -0.778. The van der Waals surface area contributed by atoms with Gasteiger partial charge in [-0.05, 0) is 25.5 Å². The highest BCUT2D eigenvalue weighted by Crippen LogP contribution is 2.27. The van der Waals surface area contributed by atoms with Gasteiger partial charge in [0.25, 0.3) is 0 Å². The van der Waals surface area contributed by atoms with Crippen LogP contribution in [0.2, 0.25) is 0 Å². The molecule has 1 atom stereocenters. The summed E-state index contributed by atoms with van der Waals surface area (Å²) in [4.78, 5) is 23.7. The van der Waals surface area contributed by atoms with Crippen molar-refractivity contribution in [2.24, 2.45) is 0 Å². The maximum absolute atomic E-state index is 11.9. The highest BCUT2D eigenvalue weighted by atomic mass is 16.6. The van der Waals surface area contributed by atoms with Gasteiger partial charge < -0.3 is 19.9 Å². The zero-order valence-electron chi connectivity index (χ0n) is 12.5. The lowest BCUT2D eigenvalue weighted by Gasteiger charge is -2.19. The van der Waals surface area contributed by atoms with E-state index in [0.29, 0.717) is 6.42 Å². The zero-order chi connectivity index (χ0) is 15.8. The molecule has 0 aromatic heterocycles. The molecule has 6 heteroatoms. The fraction of sp³-hybridized carbons (Fsp3) is 0.467. The van der Waals surface area contributed by atoms with Crippen molar-refractivity contribution in [3.05, 3.63) is 23.8 Å². The predicted octanol–water partition coefficient (Wildman–Crippen LogP) is 2.17. The molecule has 0 saturated heterocycles. The fourth-order valence-electron chi connectivity index (χ4n) is 1.84. The summed E-state index contributed by atoms with van der Waals surface area (Å²) >= 11 is 0. The van der Waals surface area contributed by atoms with Crippen molar-refractivity contribution in [3.8, 4) is 5.75 Å². The van der Waals surface area contributed by atoms with Gasteiger partial charge in [-0.1, -0.05) is 19.4 Å². The van der Waals surface area contributed by atoms with Gasteiger partial charge in [0, 0.05) is 5.69 Å². The molecule has 0 saturated carbocycles. The molecule has 1 aromatic rings. The van der Waals surface area contributed by atoms with Crippen molar-refractivity contribution >= 4 is 17.6 Å². The molecule has 0 aliphatic heterocycles. The molecular formula is C15H21NO5. The number of ether oxygens (including phenoxy) is 3. The third kappa shape index (κ3) is 4.37. The second-order valence-corrected chi connectivity index (χ2v) is 4.36. The Morgan fingerprint density at radius 2 is 2.00 bits per heavy atom. The second kappa shape index (κ2) is 8.14. The summed E-state index contributed by atoms with van der Waals surface area (Å²) in [5.41, 5.74) is 6.14. The molecule has 6 nitrogen and oxygen atoms in total. The topological polar surface area (TPSA) is 87.9 Å². The number of methoxy groups -OCH3 is 1. The number of anilines is 1. The Bertz CT molecular complexity index is 501. The monoisotopic (exact) mass is 295 g/mol. The minimum Gasteiger partial charge on any atom is -0.478 e. The quantitative estimate of drug-likeness (QED) is 0.612. The molecule has 2 N–H and O–H groups in total. The normalized spacial score (nSPS) is 11.6. The molecule has 116 valence electrons. The SMILES string of the molecule is CCCC(Oc1cccc(N)c1C(=O)OC)C(=O)OCC. The average molecular weight is 295 g/mol. The highest BCUT2D eigenvalue weighted by molar-refractivity contribution is 5.98. The van der Waals surface area contributed by atoms with Crippen LogP contribution in [0.5, 0.6) is 5.75 Å². The first-order valence-electron chi connectivity index (χ1n) is 6.85. The van der Waals surface area contributed by atoms with Gasteiger partial charge in [-0.2, -0.15) is 0 Å². The van der Waals surface area contributed by atoms with Crippen molar-refractivity contribution in [2.45, 2.75) is 32.8 Å². The van der Waals surface area contributed by atoms with E-state index in [1.54, 1.807) is 25.1 Å². The van der Waals surface area contributed by atoms with E-state index < -0.39 is 18.0 Å². The highest BCUT2D eigenvalue weighted by Gasteiger charge is 2.24. The molecule has 0 fully saturated rings. The first-order chi connectivity index (χ1) is 10.0. The van der Waals surface area contributed by atoms with Crippen LogP contribution in [0.3, 0.4) is 0 Å². The zero-order valence-corrected chi connectivity index (χ0v) is 12.5. The van der Waals surface area contributed by atoms with Crippen molar-refractivity contribution < 1.29 is 23.8 Å². The number of hydrogen-bond acceptors (Lipinski definition) is 6. The van der Waals surface area contributed by atoms with E-state index in [0.717, 1.165) is 6.42 Å². The number of carbonyl (C=O) groups is 2. The molecule has 0 heterocycles. The molecule has 0 radical (unpaired) electrons. The van der Waals surface area contributed by atoms with Crippen molar-refractivity contribution in [3.63, 3.8) is 0 Å². The van der Waals surface area contributed by atoms with Gasteiger partial charge >= 0.3 is 11.9 Å². The summed E-state index contributed by atoms with van der Waals surface area (Å²) in [5, 5.41) is 0. The van der Waals surface area contributed by atoms with E-state index in [1.807, 2.05) is 6.92 Å². The van der Waals surface area contributed by atoms with Gasteiger partial charge in [-0.3, -0.25) is 0 Å². The van der Waals surface area contributed by atoms with Gasteiger partial charge in [-0.15, -0.1) is 0 Å². The molecular weight excluding hydrogens is 274 g/mol. The first kappa shape index (κ1) is 16.8. The Morgan fingerprint density at radius 3 is 2.57 bits per heavy atom. The molecule has 0 amide bonds. The Labute approximate surface area is 124 Å². The lowest BCUT2D eigenvalue weighted by Crippen LogP contribution is -2.30. The molecule has 1 aromatic carbocycles. The van der Waals surface area contributed by atoms with Crippen molar-refractivity contribution in [1.82, 2.24) is 0 Å². The molecule has 0 bridgehead atoms. The number of rotatable bonds is 7. The first-order valence-corrected chi connectivity index (χ1v) is 6.85. The molecule has 0 aliphatic carbocycles. The molecule has 21 heavy (non-hydrogen) atoms. The number of nitrogen functional groups attached to an aromatic ring is 1. The summed E-state index contributed by atoms with van der Waals surface area (Å²) in [5.74, 6) is -0.854. The van der Waals surface area contributed by atoms with Crippen LogP contribution in [0.4, 0.5) is 5.69 Å². The summed E-state index contributed by atoms with van der Waals surface area (Å²) < 4.78 is 15.3. The van der Waals surface area contributed by atoms with Gasteiger partial charge in [-0.25, -0.2) is 9.59 Å². The van der Waals surface area contributed by atoms with E-state index in [9.17, 15) is 9.59 Å². The van der Waals surface area contributed by atoms with Crippen LogP contribution in [0.1, 0.15) is 37.0 Å². The van der Waals surface area contributed by atoms with Crippen molar-refractivity contribution in [2.75, 3.05) is 19.5 Å². The van der Waals surface area contributed by atoms with E-state index in [4.69, 9.17) is 19.9 Å². The Hall–Kier alpha value is -2.24. The van der Waals surface area contributed by atoms with Crippen LogP contribution in [0, 0.1) is 0 Å². The number of esters is 2. The minimum absolute atomic E-state index is 0.116. The summed E-state index contributed by atoms with van der Waals surface area (Å²) in [7, 11) is 1.26. The Morgan fingerprint density at radius 1 is 1.29 bits per heavy atom. The Balaban J connectivity index is 3.06. The number of nitrogens with two attached hydrogens (primary N) is 1. The molecule has 0 aliphatic rings. The van der Waals surface area contributed by atoms with Gasteiger partial charge in [0.05, 0.1) is 13.7 Å². The maximum atomic E-state index is 11.9. The van der Waals surface area contributed by atoms with Crippen LogP contribution in [-0.2, 0) is 14.3 Å². The second-order valence-electron chi connectivity index (χ2n) is 4.36. The van der Waals surface area contributed by atoms with Crippen molar-refractivity contribution in [1.29, 1.82) is 0 Å². The summed E-state index contributed by atoms with van der Waals surface area (Å²) in [6.07, 6.45) is 0.438. The molecule has 1 unspecified atom stereocenters. The van der Waals surface area contributed by atoms with Crippen LogP contribution in [0.25, 0.3) is 0 Å². The predicted molar refractivity (Wildman–Crippen MR) is 78.2 cm³/mol. The summed E-state index contributed by atoms with van der Waals surface area (Å²) in [6, 6.07) is 4.79. The smallest absolute Gasteiger partial charge is 0.347 e. The lowest BCUT2D eigenvalue weighted by molar-refractivity contribution is -0.151. The van der Waals surface area contributed by atoms with Gasteiger partial charge in [0.1, 0.15) is 11.3 Å². The fourth-order valence-corrected chi connectivity index (χ4v) is 1.84. The summed E-state index contributed by atoms with van der Waals surface area (Å²) in [6.45, 7) is 3.92.